The van der Waals surface area contributed by atoms with Crippen LogP contribution in [0, 0.1) is 23.2 Å². The van der Waals surface area contributed by atoms with Crippen LogP contribution in [0.5, 0.6) is 0 Å². The molecular weight excluding hydrogens is 154 g/mol. The number of rotatable bonds is 2. The summed E-state index contributed by atoms with van der Waals surface area (Å²) in [6, 6.07) is 2.07. The van der Waals surface area contributed by atoms with Gasteiger partial charge in [-0.3, -0.25) is 0 Å². The van der Waals surface area contributed by atoms with E-state index in [9.17, 15) is 5.11 Å². The van der Waals surface area contributed by atoms with Gasteiger partial charge in [0.05, 0.1) is 18.1 Å². The van der Waals surface area contributed by atoms with E-state index in [-0.39, 0.29) is 11.8 Å². The van der Waals surface area contributed by atoms with Crippen molar-refractivity contribution in [3.05, 3.63) is 0 Å². The molecule has 0 spiro atoms. The zero-order chi connectivity index (χ0) is 8.97. The van der Waals surface area contributed by atoms with Gasteiger partial charge in [0.25, 0.3) is 0 Å². The molecule has 3 nitrogen and oxygen atoms in total. The van der Waals surface area contributed by atoms with E-state index in [1.54, 1.807) is 6.92 Å². The highest BCUT2D eigenvalue weighted by atomic mass is 16.5. The van der Waals surface area contributed by atoms with Crippen molar-refractivity contribution in [2.24, 2.45) is 11.8 Å². The molecule has 0 aromatic carbocycles. The van der Waals surface area contributed by atoms with Crippen LogP contribution in [0.15, 0.2) is 0 Å². The number of nitriles is 1. The predicted octanol–water partition coefficient (Wildman–Crippen LogP) is 0.934. The van der Waals surface area contributed by atoms with Gasteiger partial charge in [0.15, 0.2) is 0 Å². The van der Waals surface area contributed by atoms with Gasteiger partial charge in [-0.2, -0.15) is 5.26 Å². The van der Waals surface area contributed by atoms with Gasteiger partial charge in [-0.1, -0.05) is 0 Å². The Hall–Kier alpha value is -0.590. The molecular formula is C9H15NO2. The fourth-order valence-electron chi connectivity index (χ4n) is 1.54. The second-order valence-electron chi connectivity index (χ2n) is 3.36. The summed E-state index contributed by atoms with van der Waals surface area (Å²) in [7, 11) is 0. The molecule has 1 fully saturated rings. The molecule has 3 heteroatoms. The molecule has 1 aliphatic rings. The zero-order valence-corrected chi connectivity index (χ0v) is 7.36. The first kappa shape index (κ1) is 9.50. The van der Waals surface area contributed by atoms with Crippen LogP contribution in [-0.4, -0.2) is 24.4 Å². The lowest BCUT2D eigenvalue weighted by Crippen LogP contribution is -2.31. The highest BCUT2D eigenvalue weighted by Crippen LogP contribution is 2.22. The first-order chi connectivity index (χ1) is 5.75. The van der Waals surface area contributed by atoms with Crippen molar-refractivity contribution < 1.29 is 9.84 Å². The van der Waals surface area contributed by atoms with E-state index in [0.717, 1.165) is 26.1 Å². The van der Waals surface area contributed by atoms with Gasteiger partial charge < -0.3 is 9.84 Å². The van der Waals surface area contributed by atoms with E-state index in [4.69, 9.17) is 10.00 Å². The molecule has 0 bridgehead atoms. The molecule has 1 saturated heterocycles. The first-order valence-corrected chi connectivity index (χ1v) is 4.41. The molecule has 0 aromatic heterocycles. The fraction of sp³-hybridized carbons (Fsp3) is 0.889. The Bertz CT molecular complexity index is 170. The number of nitrogens with zero attached hydrogens (tertiary/aromatic N) is 1. The minimum Gasteiger partial charge on any atom is -0.391 e. The molecule has 0 aliphatic carbocycles. The summed E-state index contributed by atoms with van der Waals surface area (Å²) in [6.07, 6.45) is 1.29. The Labute approximate surface area is 73.0 Å². The highest BCUT2D eigenvalue weighted by Gasteiger charge is 2.26. The zero-order valence-electron chi connectivity index (χ0n) is 7.36. The van der Waals surface area contributed by atoms with Crippen LogP contribution in [0.25, 0.3) is 0 Å². The van der Waals surface area contributed by atoms with Gasteiger partial charge in [-0.15, -0.1) is 0 Å². The lowest BCUT2D eigenvalue weighted by molar-refractivity contribution is -0.00445. The summed E-state index contributed by atoms with van der Waals surface area (Å²) in [5.74, 6) is 0.00139. The van der Waals surface area contributed by atoms with Crippen molar-refractivity contribution in [3.63, 3.8) is 0 Å². The third kappa shape index (κ3) is 2.20. The van der Waals surface area contributed by atoms with E-state index in [1.807, 2.05) is 0 Å². The largest absolute Gasteiger partial charge is 0.391 e. The number of hydrogen-bond acceptors (Lipinski definition) is 3. The van der Waals surface area contributed by atoms with Crippen LogP contribution in [0.4, 0.5) is 0 Å². The smallest absolute Gasteiger partial charge is 0.0725 e. The third-order valence-corrected chi connectivity index (χ3v) is 2.46. The second kappa shape index (κ2) is 4.44. The average Bonchev–Trinajstić information content (AvgIpc) is 2.17. The predicted molar refractivity (Wildman–Crippen MR) is 44.3 cm³/mol. The summed E-state index contributed by atoms with van der Waals surface area (Å²) in [5, 5.41) is 18.3. The van der Waals surface area contributed by atoms with Crippen molar-refractivity contribution in [2.75, 3.05) is 13.2 Å². The molecule has 0 saturated carbocycles. The minimum absolute atomic E-state index is 0.256. The molecule has 1 rings (SSSR count). The Morgan fingerprint density at radius 3 is 2.58 bits per heavy atom. The van der Waals surface area contributed by atoms with Crippen LogP contribution in [0.3, 0.4) is 0 Å². The SMILES string of the molecule is CC(C#N)C(O)C1CCOCC1. The third-order valence-electron chi connectivity index (χ3n) is 2.46. The maximum Gasteiger partial charge on any atom is 0.0725 e. The number of hydrogen-bond donors (Lipinski definition) is 1. The van der Waals surface area contributed by atoms with Crippen molar-refractivity contribution in [1.29, 1.82) is 5.26 Å². The van der Waals surface area contributed by atoms with Crippen molar-refractivity contribution >= 4 is 0 Å². The molecule has 1 N–H and O–H groups in total. The van der Waals surface area contributed by atoms with Crippen LogP contribution in [-0.2, 0) is 4.74 Å². The summed E-state index contributed by atoms with van der Waals surface area (Å²) in [4.78, 5) is 0. The number of ether oxygens (including phenoxy) is 1. The van der Waals surface area contributed by atoms with Crippen molar-refractivity contribution in [1.82, 2.24) is 0 Å². The molecule has 2 atom stereocenters. The standard InChI is InChI=1S/C9H15NO2/c1-7(6-10)9(11)8-2-4-12-5-3-8/h7-9,11H,2-5H2,1H3. The fourth-order valence-corrected chi connectivity index (χ4v) is 1.54. The summed E-state index contributed by atoms with van der Waals surface area (Å²) in [5.41, 5.74) is 0. The van der Waals surface area contributed by atoms with Crippen LogP contribution in [0.1, 0.15) is 19.8 Å². The molecule has 1 heterocycles. The molecule has 0 amide bonds. The number of aliphatic hydroxyl groups is 1. The van der Waals surface area contributed by atoms with Crippen molar-refractivity contribution in [3.8, 4) is 6.07 Å². The normalized spacial score (nSPS) is 24.4. The quantitative estimate of drug-likeness (QED) is 0.669. The summed E-state index contributed by atoms with van der Waals surface area (Å²) < 4.78 is 5.17. The maximum atomic E-state index is 9.66. The Balaban J connectivity index is 2.40. The van der Waals surface area contributed by atoms with Crippen LogP contribution >= 0.6 is 0 Å². The molecule has 2 unspecified atom stereocenters. The molecule has 68 valence electrons. The van der Waals surface area contributed by atoms with E-state index < -0.39 is 6.10 Å². The molecule has 1 aliphatic heterocycles. The summed E-state index contributed by atoms with van der Waals surface area (Å²) >= 11 is 0. The van der Waals surface area contributed by atoms with Gasteiger partial charge in [-0.25, -0.2) is 0 Å². The monoisotopic (exact) mass is 169 g/mol. The van der Waals surface area contributed by atoms with Gasteiger partial charge in [0.1, 0.15) is 0 Å². The molecule has 0 radical (unpaired) electrons. The lowest BCUT2D eigenvalue weighted by Gasteiger charge is -2.27. The minimum atomic E-state index is -0.473. The summed E-state index contributed by atoms with van der Waals surface area (Å²) in [6.45, 7) is 3.21. The Kier molecular flexibility index (Phi) is 3.51. The first-order valence-electron chi connectivity index (χ1n) is 4.41. The second-order valence-corrected chi connectivity index (χ2v) is 3.36. The van der Waals surface area contributed by atoms with E-state index >= 15 is 0 Å². The van der Waals surface area contributed by atoms with E-state index in [2.05, 4.69) is 6.07 Å². The lowest BCUT2D eigenvalue weighted by atomic mass is 9.87. The van der Waals surface area contributed by atoms with E-state index in [0.29, 0.717) is 0 Å². The van der Waals surface area contributed by atoms with Gasteiger partial charge >= 0.3 is 0 Å². The van der Waals surface area contributed by atoms with Crippen molar-refractivity contribution in [2.45, 2.75) is 25.9 Å². The van der Waals surface area contributed by atoms with Gasteiger partial charge in [0.2, 0.25) is 0 Å². The average molecular weight is 169 g/mol. The topological polar surface area (TPSA) is 53.2 Å². The molecule has 0 aromatic rings. The maximum absolute atomic E-state index is 9.66. The Morgan fingerprint density at radius 2 is 2.08 bits per heavy atom. The van der Waals surface area contributed by atoms with Crippen LogP contribution in [0.2, 0.25) is 0 Å². The van der Waals surface area contributed by atoms with Gasteiger partial charge in [-0.05, 0) is 25.7 Å². The number of aliphatic hydroxyl groups excluding tert-OH is 1. The molecule has 12 heavy (non-hydrogen) atoms. The van der Waals surface area contributed by atoms with Crippen LogP contribution < -0.4 is 0 Å². The van der Waals surface area contributed by atoms with E-state index in [1.165, 1.54) is 0 Å². The highest BCUT2D eigenvalue weighted by molar-refractivity contribution is 4.88. The van der Waals surface area contributed by atoms with Gasteiger partial charge in [0, 0.05) is 13.2 Å². The Morgan fingerprint density at radius 1 is 1.50 bits per heavy atom.